The summed E-state index contributed by atoms with van der Waals surface area (Å²) in [6, 6.07) is 10.1. The molecule has 0 N–H and O–H groups in total. The molecule has 0 bridgehead atoms. The average Bonchev–Trinajstić information content (AvgIpc) is 3.30. The van der Waals surface area contributed by atoms with E-state index in [2.05, 4.69) is 10.1 Å². The van der Waals surface area contributed by atoms with Crippen molar-refractivity contribution >= 4 is 5.91 Å². The van der Waals surface area contributed by atoms with E-state index >= 15 is 0 Å². The highest BCUT2D eigenvalue weighted by atomic mass is 16.5. The largest absolute Gasteiger partial charge is 0.376 e. The van der Waals surface area contributed by atoms with Crippen molar-refractivity contribution in [2.45, 2.75) is 44.6 Å². The van der Waals surface area contributed by atoms with Crippen LogP contribution < -0.4 is 0 Å². The molecule has 2 aliphatic rings. The molecule has 1 aliphatic heterocycles. The highest BCUT2D eigenvalue weighted by Crippen LogP contribution is 2.32. The number of likely N-dealkylation sites (tertiary alicyclic amines) is 1. The minimum Gasteiger partial charge on any atom is -0.376 e. The summed E-state index contributed by atoms with van der Waals surface area (Å²) in [5.74, 6) is 2.07. The van der Waals surface area contributed by atoms with Crippen LogP contribution in [0.5, 0.6) is 0 Å². The zero-order valence-corrected chi connectivity index (χ0v) is 15.0. The number of hydrogen-bond donors (Lipinski definition) is 0. The zero-order chi connectivity index (χ0) is 17.8. The standard InChI is InChI=1S/C20H25N3O3/c24-20(16-8-4-5-9-16)23-12-17(13-23)19-21-18(22-26-19)10-11-25-14-15-6-2-1-3-7-15/h1-3,6-7,16-17H,4-5,8-14H2. The van der Waals surface area contributed by atoms with Crippen molar-refractivity contribution in [1.82, 2.24) is 15.0 Å². The van der Waals surface area contributed by atoms with Crippen LogP contribution in [-0.4, -0.2) is 40.6 Å². The first-order chi connectivity index (χ1) is 12.8. The Bertz CT molecular complexity index is 719. The van der Waals surface area contributed by atoms with E-state index in [0.717, 1.165) is 18.4 Å². The molecule has 1 aromatic heterocycles. The second kappa shape index (κ2) is 7.99. The van der Waals surface area contributed by atoms with Crippen molar-refractivity contribution < 1.29 is 14.1 Å². The van der Waals surface area contributed by atoms with Crippen molar-refractivity contribution in [3.05, 3.63) is 47.6 Å². The van der Waals surface area contributed by atoms with Gasteiger partial charge in [-0.05, 0) is 18.4 Å². The molecule has 2 aromatic rings. The van der Waals surface area contributed by atoms with Gasteiger partial charge in [0.15, 0.2) is 5.82 Å². The predicted octanol–water partition coefficient (Wildman–Crippen LogP) is 2.94. The van der Waals surface area contributed by atoms with Crippen molar-refractivity contribution in [2.24, 2.45) is 5.92 Å². The Balaban J connectivity index is 1.19. The fourth-order valence-corrected chi connectivity index (χ4v) is 3.71. The molecule has 2 fully saturated rings. The van der Waals surface area contributed by atoms with Gasteiger partial charge in [-0.15, -0.1) is 0 Å². The molecule has 1 saturated heterocycles. The van der Waals surface area contributed by atoms with E-state index in [-0.39, 0.29) is 11.8 Å². The summed E-state index contributed by atoms with van der Waals surface area (Å²) in [5, 5.41) is 4.04. The molecule has 138 valence electrons. The summed E-state index contributed by atoms with van der Waals surface area (Å²) >= 11 is 0. The van der Waals surface area contributed by atoms with Crippen LogP contribution in [0.4, 0.5) is 0 Å². The average molecular weight is 355 g/mol. The van der Waals surface area contributed by atoms with Crippen molar-refractivity contribution in [3.63, 3.8) is 0 Å². The monoisotopic (exact) mass is 355 g/mol. The number of rotatable bonds is 7. The Labute approximate surface area is 153 Å². The molecule has 1 aliphatic carbocycles. The van der Waals surface area contributed by atoms with E-state index in [1.54, 1.807) is 0 Å². The maximum atomic E-state index is 12.3. The summed E-state index contributed by atoms with van der Waals surface area (Å²) in [7, 11) is 0. The van der Waals surface area contributed by atoms with Crippen LogP contribution in [-0.2, 0) is 22.6 Å². The minimum absolute atomic E-state index is 0.187. The highest BCUT2D eigenvalue weighted by molar-refractivity contribution is 5.80. The van der Waals surface area contributed by atoms with E-state index in [1.807, 2.05) is 35.2 Å². The van der Waals surface area contributed by atoms with Gasteiger partial charge in [0.2, 0.25) is 11.8 Å². The maximum absolute atomic E-state index is 12.3. The molecule has 4 rings (SSSR count). The molecule has 2 heterocycles. The Kier molecular flexibility index (Phi) is 5.29. The number of aromatic nitrogens is 2. The minimum atomic E-state index is 0.187. The zero-order valence-electron chi connectivity index (χ0n) is 15.0. The molecule has 0 radical (unpaired) electrons. The molecule has 26 heavy (non-hydrogen) atoms. The number of hydrogen-bond acceptors (Lipinski definition) is 5. The van der Waals surface area contributed by atoms with Crippen LogP contribution in [0.3, 0.4) is 0 Å². The van der Waals surface area contributed by atoms with Crippen LogP contribution in [0.15, 0.2) is 34.9 Å². The lowest BCUT2D eigenvalue weighted by molar-refractivity contribution is -0.140. The number of carbonyl (C=O) groups excluding carboxylic acids is 1. The second-order valence-electron chi connectivity index (χ2n) is 7.26. The van der Waals surface area contributed by atoms with Gasteiger partial charge >= 0.3 is 0 Å². The molecular formula is C20H25N3O3. The Morgan fingerprint density at radius 3 is 2.73 bits per heavy atom. The van der Waals surface area contributed by atoms with Gasteiger partial charge in [0.05, 0.1) is 19.1 Å². The SMILES string of the molecule is O=C(C1CCCC1)N1CC(c2nc(CCOCc3ccccc3)no2)C1. The van der Waals surface area contributed by atoms with Gasteiger partial charge in [-0.2, -0.15) is 4.98 Å². The second-order valence-corrected chi connectivity index (χ2v) is 7.26. The normalized spacial score (nSPS) is 18.2. The Hall–Kier alpha value is -2.21. The molecule has 0 unspecified atom stereocenters. The van der Waals surface area contributed by atoms with Crippen LogP contribution >= 0.6 is 0 Å². The van der Waals surface area contributed by atoms with Gasteiger partial charge < -0.3 is 14.2 Å². The molecule has 1 amide bonds. The van der Waals surface area contributed by atoms with Gasteiger partial charge in [0.1, 0.15) is 0 Å². The third-order valence-corrected chi connectivity index (χ3v) is 5.31. The first-order valence-electron chi connectivity index (χ1n) is 9.52. The van der Waals surface area contributed by atoms with Gasteiger partial charge in [-0.1, -0.05) is 48.3 Å². The number of benzene rings is 1. The number of nitrogens with zero attached hydrogens (tertiary/aromatic N) is 3. The predicted molar refractivity (Wildman–Crippen MR) is 95.4 cm³/mol. The first-order valence-corrected chi connectivity index (χ1v) is 9.52. The lowest BCUT2D eigenvalue weighted by atomic mass is 9.96. The number of amides is 1. The van der Waals surface area contributed by atoms with Gasteiger partial charge in [0.25, 0.3) is 0 Å². The smallest absolute Gasteiger partial charge is 0.233 e. The molecule has 1 saturated carbocycles. The van der Waals surface area contributed by atoms with Crippen molar-refractivity contribution in [1.29, 1.82) is 0 Å². The summed E-state index contributed by atoms with van der Waals surface area (Å²) in [6.45, 7) is 2.57. The molecule has 6 heteroatoms. The summed E-state index contributed by atoms with van der Waals surface area (Å²) in [6.07, 6.45) is 5.11. The third-order valence-electron chi connectivity index (χ3n) is 5.31. The van der Waals surface area contributed by atoms with E-state index in [4.69, 9.17) is 9.26 Å². The topological polar surface area (TPSA) is 68.5 Å². The van der Waals surface area contributed by atoms with Crippen molar-refractivity contribution in [3.8, 4) is 0 Å². The van der Waals surface area contributed by atoms with Gasteiger partial charge in [-0.25, -0.2) is 0 Å². The van der Waals surface area contributed by atoms with E-state index in [1.165, 1.54) is 12.8 Å². The molecule has 0 spiro atoms. The van der Waals surface area contributed by atoms with Crippen LogP contribution in [0.25, 0.3) is 0 Å². The quantitative estimate of drug-likeness (QED) is 0.714. The van der Waals surface area contributed by atoms with E-state index in [9.17, 15) is 4.79 Å². The van der Waals surface area contributed by atoms with Crippen molar-refractivity contribution in [2.75, 3.05) is 19.7 Å². The summed E-state index contributed by atoms with van der Waals surface area (Å²) in [4.78, 5) is 18.8. The van der Waals surface area contributed by atoms with Crippen LogP contribution in [0.1, 0.15) is 48.9 Å². The lowest BCUT2D eigenvalue weighted by Gasteiger charge is -2.38. The number of carbonyl (C=O) groups is 1. The highest BCUT2D eigenvalue weighted by Gasteiger charge is 2.38. The molecule has 6 nitrogen and oxygen atoms in total. The number of ether oxygens (including phenoxy) is 1. The molecule has 1 aromatic carbocycles. The fraction of sp³-hybridized carbons (Fsp3) is 0.550. The fourth-order valence-electron chi connectivity index (χ4n) is 3.71. The maximum Gasteiger partial charge on any atom is 0.233 e. The summed E-state index contributed by atoms with van der Waals surface area (Å²) in [5.41, 5.74) is 1.16. The molecule has 0 atom stereocenters. The van der Waals surface area contributed by atoms with E-state index in [0.29, 0.717) is 50.3 Å². The third kappa shape index (κ3) is 3.96. The Morgan fingerprint density at radius 1 is 1.19 bits per heavy atom. The van der Waals surface area contributed by atoms with E-state index < -0.39 is 0 Å². The first kappa shape index (κ1) is 17.2. The van der Waals surface area contributed by atoms with Crippen LogP contribution in [0, 0.1) is 5.92 Å². The van der Waals surface area contributed by atoms with Gasteiger partial charge in [0, 0.05) is 25.4 Å². The summed E-state index contributed by atoms with van der Waals surface area (Å²) < 4.78 is 11.0. The lowest BCUT2D eigenvalue weighted by Crippen LogP contribution is -2.50. The van der Waals surface area contributed by atoms with Crippen LogP contribution in [0.2, 0.25) is 0 Å². The molecular weight excluding hydrogens is 330 g/mol. The van der Waals surface area contributed by atoms with Gasteiger partial charge in [-0.3, -0.25) is 4.79 Å². The Morgan fingerprint density at radius 2 is 1.96 bits per heavy atom.